The molecule has 7 heteroatoms. The maximum atomic E-state index is 5.37. The second kappa shape index (κ2) is 11.8. The number of hydrogen-bond acceptors (Lipinski definition) is 4. The summed E-state index contributed by atoms with van der Waals surface area (Å²) in [5.41, 5.74) is 0. The zero-order valence-electron chi connectivity index (χ0n) is 15.9. The van der Waals surface area contributed by atoms with Crippen molar-refractivity contribution >= 4 is 5.96 Å². The molecule has 0 atom stereocenters. The lowest BCUT2D eigenvalue weighted by atomic mass is 10.0. The van der Waals surface area contributed by atoms with Gasteiger partial charge in [-0.05, 0) is 26.2 Å². The Morgan fingerprint density at radius 1 is 1.21 bits per heavy atom. The van der Waals surface area contributed by atoms with E-state index in [0.29, 0.717) is 12.5 Å². The standard InChI is InChI=1S/C17H34N6O/c1-6-15(7-2)12-19-17(18-10-9-11-24-8-3)20-13-16-22-21-14(4)23(16)5/h15H,6-13H2,1-5H3,(H2,18,19,20). The third kappa shape index (κ3) is 7.29. The van der Waals surface area contributed by atoms with E-state index in [1.165, 1.54) is 12.8 Å². The van der Waals surface area contributed by atoms with Crippen molar-refractivity contribution < 1.29 is 4.74 Å². The Balaban J connectivity index is 2.57. The molecule has 0 aromatic carbocycles. The fraction of sp³-hybridized carbons (Fsp3) is 0.824. The number of nitrogens with one attached hydrogen (secondary N) is 2. The number of aromatic nitrogens is 3. The average molecular weight is 339 g/mol. The zero-order valence-corrected chi connectivity index (χ0v) is 15.9. The highest BCUT2D eigenvalue weighted by molar-refractivity contribution is 5.79. The molecule has 1 rings (SSSR count). The van der Waals surface area contributed by atoms with Gasteiger partial charge in [0.1, 0.15) is 12.4 Å². The summed E-state index contributed by atoms with van der Waals surface area (Å²) in [4.78, 5) is 4.66. The molecule has 7 nitrogen and oxygen atoms in total. The third-order valence-electron chi connectivity index (χ3n) is 4.24. The van der Waals surface area contributed by atoms with Crippen LogP contribution in [0.15, 0.2) is 4.99 Å². The highest BCUT2D eigenvalue weighted by Gasteiger charge is 2.07. The average Bonchev–Trinajstić information content (AvgIpc) is 2.91. The van der Waals surface area contributed by atoms with Crippen molar-refractivity contribution in [1.29, 1.82) is 0 Å². The smallest absolute Gasteiger partial charge is 0.191 e. The van der Waals surface area contributed by atoms with Gasteiger partial charge in [0.2, 0.25) is 0 Å². The molecule has 138 valence electrons. The second-order valence-electron chi connectivity index (χ2n) is 5.93. The van der Waals surface area contributed by atoms with E-state index in [2.05, 4.69) is 39.7 Å². The summed E-state index contributed by atoms with van der Waals surface area (Å²) < 4.78 is 7.34. The van der Waals surface area contributed by atoms with E-state index in [1.807, 2.05) is 25.5 Å². The van der Waals surface area contributed by atoms with E-state index in [1.54, 1.807) is 0 Å². The van der Waals surface area contributed by atoms with Crippen LogP contribution in [-0.2, 0) is 18.3 Å². The van der Waals surface area contributed by atoms with Crippen molar-refractivity contribution in [2.45, 2.75) is 53.5 Å². The summed E-state index contributed by atoms with van der Waals surface area (Å²) >= 11 is 0. The van der Waals surface area contributed by atoms with Crippen LogP contribution in [0.1, 0.15) is 51.7 Å². The highest BCUT2D eigenvalue weighted by atomic mass is 16.5. The number of aliphatic imine (C=N–C) groups is 1. The lowest BCUT2D eigenvalue weighted by molar-refractivity contribution is 0.145. The van der Waals surface area contributed by atoms with Gasteiger partial charge in [0.25, 0.3) is 0 Å². The van der Waals surface area contributed by atoms with Crippen LogP contribution in [0.3, 0.4) is 0 Å². The third-order valence-corrected chi connectivity index (χ3v) is 4.24. The topological polar surface area (TPSA) is 76.4 Å². The molecule has 0 amide bonds. The van der Waals surface area contributed by atoms with E-state index in [4.69, 9.17) is 4.74 Å². The van der Waals surface area contributed by atoms with Crippen LogP contribution in [0, 0.1) is 12.8 Å². The Morgan fingerprint density at radius 2 is 1.96 bits per heavy atom. The molecule has 0 aliphatic rings. The van der Waals surface area contributed by atoms with Crippen LogP contribution >= 0.6 is 0 Å². The Morgan fingerprint density at radius 3 is 2.54 bits per heavy atom. The first-order valence-electron chi connectivity index (χ1n) is 9.07. The van der Waals surface area contributed by atoms with E-state index >= 15 is 0 Å². The van der Waals surface area contributed by atoms with Crippen molar-refractivity contribution in [3.63, 3.8) is 0 Å². The molecule has 1 heterocycles. The van der Waals surface area contributed by atoms with E-state index in [9.17, 15) is 0 Å². The molecule has 0 saturated carbocycles. The van der Waals surface area contributed by atoms with Gasteiger partial charge in [-0.3, -0.25) is 0 Å². The summed E-state index contributed by atoms with van der Waals surface area (Å²) in [6, 6.07) is 0. The predicted molar refractivity (Wildman–Crippen MR) is 98.1 cm³/mol. The summed E-state index contributed by atoms with van der Waals surface area (Å²) in [6.45, 7) is 12.2. The van der Waals surface area contributed by atoms with Crippen molar-refractivity contribution in [2.75, 3.05) is 26.3 Å². The SMILES string of the molecule is CCOCCCNC(=NCc1nnc(C)n1C)NCC(CC)CC. The lowest BCUT2D eigenvalue weighted by Crippen LogP contribution is -2.40. The summed E-state index contributed by atoms with van der Waals surface area (Å²) in [6.07, 6.45) is 3.30. The van der Waals surface area contributed by atoms with Gasteiger partial charge in [0.15, 0.2) is 11.8 Å². The molecule has 0 fully saturated rings. The number of rotatable bonds is 11. The summed E-state index contributed by atoms with van der Waals surface area (Å²) in [5.74, 6) is 3.26. The molecule has 1 aromatic rings. The Labute approximate surface area is 146 Å². The fourth-order valence-electron chi connectivity index (χ4n) is 2.26. The first kappa shape index (κ1) is 20.4. The van der Waals surface area contributed by atoms with Crippen molar-refractivity contribution in [2.24, 2.45) is 18.0 Å². The maximum absolute atomic E-state index is 5.37. The molecule has 1 aromatic heterocycles. The van der Waals surface area contributed by atoms with Gasteiger partial charge in [0, 0.05) is 33.4 Å². The number of hydrogen-bond donors (Lipinski definition) is 2. The van der Waals surface area contributed by atoms with Gasteiger partial charge in [-0.25, -0.2) is 4.99 Å². The molecule has 0 unspecified atom stereocenters. The Bertz CT molecular complexity index is 481. The summed E-state index contributed by atoms with van der Waals surface area (Å²) in [5, 5.41) is 15.1. The molecule has 0 saturated heterocycles. The van der Waals surface area contributed by atoms with Crippen LogP contribution < -0.4 is 10.6 Å². The van der Waals surface area contributed by atoms with Gasteiger partial charge < -0.3 is 19.9 Å². The van der Waals surface area contributed by atoms with Gasteiger partial charge in [-0.2, -0.15) is 0 Å². The van der Waals surface area contributed by atoms with Crippen LogP contribution in [0.4, 0.5) is 0 Å². The van der Waals surface area contributed by atoms with E-state index in [0.717, 1.165) is 50.3 Å². The largest absolute Gasteiger partial charge is 0.382 e. The zero-order chi connectivity index (χ0) is 17.8. The van der Waals surface area contributed by atoms with Gasteiger partial charge in [0.05, 0.1) is 0 Å². The minimum Gasteiger partial charge on any atom is -0.382 e. The van der Waals surface area contributed by atoms with Crippen LogP contribution in [-0.4, -0.2) is 47.0 Å². The first-order valence-corrected chi connectivity index (χ1v) is 9.07. The number of aryl methyl sites for hydroxylation is 1. The molecule has 0 bridgehead atoms. The Kier molecular flexibility index (Phi) is 10.1. The van der Waals surface area contributed by atoms with Crippen LogP contribution in [0.25, 0.3) is 0 Å². The molecule has 0 radical (unpaired) electrons. The monoisotopic (exact) mass is 338 g/mol. The fourth-order valence-corrected chi connectivity index (χ4v) is 2.26. The van der Waals surface area contributed by atoms with Crippen molar-refractivity contribution in [3.05, 3.63) is 11.6 Å². The van der Waals surface area contributed by atoms with Crippen molar-refractivity contribution in [1.82, 2.24) is 25.4 Å². The van der Waals surface area contributed by atoms with E-state index < -0.39 is 0 Å². The first-order chi connectivity index (χ1) is 11.6. The number of nitrogens with zero attached hydrogens (tertiary/aromatic N) is 4. The maximum Gasteiger partial charge on any atom is 0.191 e. The molecule has 24 heavy (non-hydrogen) atoms. The van der Waals surface area contributed by atoms with E-state index in [-0.39, 0.29) is 0 Å². The second-order valence-corrected chi connectivity index (χ2v) is 5.93. The normalized spacial score (nSPS) is 12.0. The van der Waals surface area contributed by atoms with Crippen molar-refractivity contribution in [3.8, 4) is 0 Å². The molecular formula is C17H34N6O. The van der Waals surface area contributed by atoms with Crippen LogP contribution in [0.2, 0.25) is 0 Å². The minimum absolute atomic E-state index is 0.515. The van der Waals surface area contributed by atoms with Gasteiger partial charge in [-0.1, -0.05) is 26.7 Å². The molecule has 0 spiro atoms. The molecule has 2 N–H and O–H groups in total. The predicted octanol–water partition coefficient (Wildman–Crippen LogP) is 2.02. The number of guanidine groups is 1. The highest BCUT2D eigenvalue weighted by Crippen LogP contribution is 2.05. The Hall–Kier alpha value is -1.63. The summed E-state index contributed by atoms with van der Waals surface area (Å²) in [7, 11) is 1.97. The number of ether oxygens (including phenoxy) is 1. The van der Waals surface area contributed by atoms with Crippen LogP contribution in [0.5, 0.6) is 0 Å². The molecule has 0 aliphatic carbocycles. The quantitative estimate of drug-likeness (QED) is 0.367. The lowest BCUT2D eigenvalue weighted by Gasteiger charge is -2.17. The molecule has 0 aliphatic heterocycles. The van der Waals surface area contributed by atoms with Gasteiger partial charge in [-0.15, -0.1) is 10.2 Å². The van der Waals surface area contributed by atoms with Gasteiger partial charge >= 0.3 is 0 Å². The molecular weight excluding hydrogens is 304 g/mol. The minimum atomic E-state index is 0.515.